The summed E-state index contributed by atoms with van der Waals surface area (Å²) >= 11 is 0. The molecule has 5 N–H and O–H groups in total. The third-order valence-electron chi connectivity index (χ3n) is 3.27. The van der Waals surface area contributed by atoms with Crippen molar-refractivity contribution in [3.63, 3.8) is 0 Å². The number of hydrogen-bond donors (Lipinski definition) is 3. The molecule has 0 bridgehead atoms. The molecule has 1 amide bonds. The van der Waals surface area contributed by atoms with Crippen molar-refractivity contribution < 1.29 is 14.7 Å². The van der Waals surface area contributed by atoms with E-state index < -0.39 is 5.97 Å². The number of rotatable bonds is 3. The Hall–Kier alpha value is -2.31. The molecule has 1 unspecified atom stereocenters. The van der Waals surface area contributed by atoms with Gasteiger partial charge in [0.2, 0.25) is 5.91 Å². The molecule has 19 heavy (non-hydrogen) atoms. The SMILES string of the molecule is NC(=O)C1CCCN(c2ncc(C(=O)O)cc2N)C1. The van der Waals surface area contributed by atoms with Crippen molar-refractivity contribution in [2.75, 3.05) is 23.7 Å². The lowest BCUT2D eigenvalue weighted by Crippen LogP contribution is -2.41. The number of amides is 1. The largest absolute Gasteiger partial charge is 0.478 e. The number of hydrogen-bond acceptors (Lipinski definition) is 5. The van der Waals surface area contributed by atoms with E-state index in [1.165, 1.54) is 12.3 Å². The van der Waals surface area contributed by atoms with Gasteiger partial charge in [-0.05, 0) is 18.9 Å². The highest BCUT2D eigenvalue weighted by Gasteiger charge is 2.26. The number of carbonyl (C=O) groups excluding carboxylic acids is 1. The number of carboxylic acid groups (broad SMARTS) is 1. The minimum Gasteiger partial charge on any atom is -0.478 e. The maximum absolute atomic E-state index is 11.2. The monoisotopic (exact) mass is 264 g/mol. The van der Waals surface area contributed by atoms with Crippen LogP contribution in [0.25, 0.3) is 0 Å². The highest BCUT2D eigenvalue weighted by molar-refractivity contribution is 5.89. The molecule has 1 saturated heterocycles. The van der Waals surface area contributed by atoms with Crippen molar-refractivity contribution in [2.24, 2.45) is 11.7 Å². The van der Waals surface area contributed by atoms with Crippen molar-refractivity contribution in [2.45, 2.75) is 12.8 Å². The molecule has 1 aromatic rings. The normalized spacial score (nSPS) is 19.2. The Kier molecular flexibility index (Phi) is 3.55. The van der Waals surface area contributed by atoms with Gasteiger partial charge in [-0.15, -0.1) is 0 Å². The summed E-state index contributed by atoms with van der Waals surface area (Å²) in [5, 5.41) is 8.85. The molecule has 0 aliphatic carbocycles. The summed E-state index contributed by atoms with van der Waals surface area (Å²) in [6.45, 7) is 1.20. The van der Waals surface area contributed by atoms with Gasteiger partial charge in [0, 0.05) is 19.3 Å². The van der Waals surface area contributed by atoms with Crippen molar-refractivity contribution in [3.05, 3.63) is 17.8 Å². The van der Waals surface area contributed by atoms with Crippen LogP contribution in [0.3, 0.4) is 0 Å². The standard InChI is InChI=1S/C12H16N4O3/c13-9-4-8(12(18)19)5-15-11(9)16-3-1-2-7(6-16)10(14)17/h4-5,7H,1-3,6,13H2,(H2,14,17)(H,18,19). The van der Waals surface area contributed by atoms with Gasteiger partial charge in [-0.2, -0.15) is 0 Å². The number of pyridine rings is 1. The van der Waals surface area contributed by atoms with Gasteiger partial charge in [0.1, 0.15) is 0 Å². The lowest BCUT2D eigenvalue weighted by molar-refractivity contribution is -0.122. The molecule has 0 spiro atoms. The molecule has 0 aromatic carbocycles. The van der Waals surface area contributed by atoms with Crippen LogP contribution in [-0.4, -0.2) is 35.1 Å². The van der Waals surface area contributed by atoms with E-state index in [-0.39, 0.29) is 17.4 Å². The second-order valence-corrected chi connectivity index (χ2v) is 4.63. The molecule has 0 saturated carbocycles. The second-order valence-electron chi connectivity index (χ2n) is 4.63. The van der Waals surface area contributed by atoms with E-state index in [9.17, 15) is 9.59 Å². The van der Waals surface area contributed by atoms with E-state index in [0.717, 1.165) is 19.4 Å². The minimum atomic E-state index is -1.07. The van der Waals surface area contributed by atoms with E-state index in [1.807, 2.05) is 4.90 Å². The molecule has 2 rings (SSSR count). The number of nitrogens with zero attached hydrogens (tertiary/aromatic N) is 2. The topological polar surface area (TPSA) is 123 Å². The van der Waals surface area contributed by atoms with Gasteiger partial charge in [0.15, 0.2) is 5.82 Å². The fourth-order valence-corrected chi connectivity index (χ4v) is 2.26. The van der Waals surface area contributed by atoms with Gasteiger partial charge in [-0.3, -0.25) is 4.79 Å². The summed E-state index contributed by atoms with van der Waals surface area (Å²) in [6.07, 6.45) is 2.86. The van der Waals surface area contributed by atoms with Crippen LogP contribution in [0.5, 0.6) is 0 Å². The van der Waals surface area contributed by atoms with Crippen LogP contribution in [0.1, 0.15) is 23.2 Å². The van der Waals surface area contributed by atoms with Crippen LogP contribution in [0.4, 0.5) is 11.5 Å². The van der Waals surface area contributed by atoms with Crippen molar-refractivity contribution in [3.8, 4) is 0 Å². The molecule has 7 nitrogen and oxygen atoms in total. The summed E-state index contributed by atoms with van der Waals surface area (Å²) in [5.74, 6) is -1.10. The van der Waals surface area contributed by atoms with E-state index >= 15 is 0 Å². The van der Waals surface area contributed by atoms with Crippen molar-refractivity contribution >= 4 is 23.4 Å². The first kappa shape index (κ1) is 13.1. The number of aromatic carboxylic acids is 1. The molecular formula is C12H16N4O3. The fraction of sp³-hybridized carbons (Fsp3) is 0.417. The number of aromatic nitrogens is 1. The van der Waals surface area contributed by atoms with Gasteiger partial charge in [-0.1, -0.05) is 0 Å². The number of piperidine rings is 1. The number of primary amides is 1. The lowest BCUT2D eigenvalue weighted by Gasteiger charge is -2.32. The smallest absolute Gasteiger partial charge is 0.337 e. The highest BCUT2D eigenvalue weighted by atomic mass is 16.4. The number of carboxylic acids is 1. The zero-order valence-corrected chi connectivity index (χ0v) is 10.4. The Morgan fingerprint density at radius 1 is 1.47 bits per heavy atom. The molecular weight excluding hydrogens is 248 g/mol. The molecule has 1 aromatic heterocycles. The maximum atomic E-state index is 11.2. The van der Waals surface area contributed by atoms with E-state index in [2.05, 4.69) is 4.98 Å². The van der Waals surface area contributed by atoms with E-state index in [1.54, 1.807) is 0 Å². The predicted octanol–water partition coefficient (Wildman–Crippen LogP) is 0.0637. The molecule has 1 fully saturated rings. The Labute approximate surface area is 110 Å². The second kappa shape index (κ2) is 5.13. The highest BCUT2D eigenvalue weighted by Crippen LogP contribution is 2.26. The number of nitrogens with two attached hydrogens (primary N) is 2. The number of carbonyl (C=O) groups is 2. The fourth-order valence-electron chi connectivity index (χ4n) is 2.26. The molecule has 1 atom stereocenters. The van der Waals surface area contributed by atoms with E-state index in [0.29, 0.717) is 18.1 Å². The third kappa shape index (κ3) is 2.75. The first-order chi connectivity index (χ1) is 8.99. The molecule has 1 aliphatic rings. The summed E-state index contributed by atoms with van der Waals surface area (Å²) in [5.41, 5.74) is 11.5. The van der Waals surface area contributed by atoms with Crippen LogP contribution >= 0.6 is 0 Å². The zero-order valence-electron chi connectivity index (χ0n) is 10.4. The van der Waals surface area contributed by atoms with Crippen LogP contribution < -0.4 is 16.4 Å². The Morgan fingerprint density at radius 2 is 2.21 bits per heavy atom. The van der Waals surface area contributed by atoms with Crippen LogP contribution in [0, 0.1) is 5.92 Å². The van der Waals surface area contributed by atoms with Gasteiger partial charge in [0.25, 0.3) is 0 Å². The quantitative estimate of drug-likeness (QED) is 0.709. The van der Waals surface area contributed by atoms with Gasteiger partial charge >= 0.3 is 5.97 Å². The summed E-state index contributed by atoms with van der Waals surface area (Å²) < 4.78 is 0. The molecule has 2 heterocycles. The average Bonchev–Trinajstić information content (AvgIpc) is 2.38. The third-order valence-corrected chi connectivity index (χ3v) is 3.27. The van der Waals surface area contributed by atoms with Gasteiger partial charge in [-0.25, -0.2) is 9.78 Å². The Balaban J connectivity index is 2.22. The summed E-state index contributed by atoms with van der Waals surface area (Å²) in [7, 11) is 0. The Bertz CT molecular complexity index is 518. The number of anilines is 2. The first-order valence-electron chi connectivity index (χ1n) is 6.02. The predicted molar refractivity (Wildman–Crippen MR) is 69.7 cm³/mol. The number of nitrogen functional groups attached to an aromatic ring is 1. The molecule has 102 valence electrons. The maximum Gasteiger partial charge on any atom is 0.337 e. The van der Waals surface area contributed by atoms with Crippen LogP contribution in [-0.2, 0) is 4.79 Å². The summed E-state index contributed by atoms with van der Waals surface area (Å²) in [4.78, 5) is 28.0. The Morgan fingerprint density at radius 3 is 2.79 bits per heavy atom. The van der Waals surface area contributed by atoms with Crippen molar-refractivity contribution in [1.29, 1.82) is 0 Å². The van der Waals surface area contributed by atoms with Crippen LogP contribution in [0.2, 0.25) is 0 Å². The lowest BCUT2D eigenvalue weighted by atomic mass is 9.97. The first-order valence-corrected chi connectivity index (χ1v) is 6.02. The molecule has 1 aliphatic heterocycles. The van der Waals surface area contributed by atoms with Crippen molar-refractivity contribution in [1.82, 2.24) is 4.98 Å². The summed E-state index contributed by atoms with van der Waals surface area (Å²) in [6, 6.07) is 1.37. The average molecular weight is 264 g/mol. The van der Waals surface area contributed by atoms with Crippen LogP contribution in [0.15, 0.2) is 12.3 Å². The zero-order chi connectivity index (χ0) is 14.0. The van der Waals surface area contributed by atoms with Gasteiger partial charge in [0.05, 0.1) is 17.2 Å². The van der Waals surface area contributed by atoms with E-state index in [4.69, 9.17) is 16.6 Å². The molecule has 7 heteroatoms. The molecule has 0 radical (unpaired) electrons. The van der Waals surface area contributed by atoms with Gasteiger partial charge < -0.3 is 21.5 Å². The minimum absolute atomic E-state index is 0.0460.